The smallest absolute Gasteiger partial charge is 0.329 e. The third kappa shape index (κ3) is 2.48. The summed E-state index contributed by atoms with van der Waals surface area (Å²) in [6, 6.07) is 6.13. The maximum absolute atomic E-state index is 12.3. The summed E-state index contributed by atoms with van der Waals surface area (Å²) in [4.78, 5) is 23.9. The van der Waals surface area contributed by atoms with Crippen molar-refractivity contribution in [3.63, 3.8) is 0 Å². The van der Waals surface area contributed by atoms with Gasteiger partial charge < -0.3 is 15.5 Å². The van der Waals surface area contributed by atoms with Crippen LogP contribution in [0.4, 0.5) is 0 Å². The second-order valence-corrected chi connectivity index (χ2v) is 5.39. The number of hydrogen-bond acceptors (Lipinski definition) is 3. The molecular formula is C15H19NO4. The van der Waals surface area contributed by atoms with Gasteiger partial charge in [0, 0.05) is 0 Å². The van der Waals surface area contributed by atoms with Crippen molar-refractivity contribution < 1.29 is 19.8 Å². The van der Waals surface area contributed by atoms with E-state index in [0.717, 1.165) is 19.3 Å². The Hall–Kier alpha value is -2.04. The average molecular weight is 277 g/mol. The summed E-state index contributed by atoms with van der Waals surface area (Å²) in [6.07, 6.45) is 2.94. The minimum atomic E-state index is -1.24. The van der Waals surface area contributed by atoms with Crippen LogP contribution < -0.4 is 5.32 Å². The van der Waals surface area contributed by atoms with Gasteiger partial charge in [-0.05, 0) is 30.9 Å². The maximum atomic E-state index is 12.3. The molecule has 1 aliphatic rings. The average Bonchev–Trinajstić information content (AvgIpc) is 2.41. The Morgan fingerprint density at radius 1 is 1.30 bits per heavy atom. The van der Waals surface area contributed by atoms with E-state index in [0.29, 0.717) is 6.42 Å². The van der Waals surface area contributed by atoms with Crippen LogP contribution >= 0.6 is 0 Å². The molecule has 1 saturated carbocycles. The molecule has 0 spiro atoms. The Bertz CT molecular complexity index is 528. The van der Waals surface area contributed by atoms with Gasteiger partial charge in [-0.3, -0.25) is 4.79 Å². The Morgan fingerprint density at radius 3 is 2.60 bits per heavy atom. The lowest BCUT2D eigenvalue weighted by molar-refractivity contribution is -0.148. The molecule has 0 radical (unpaired) electrons. The molecule has 2 rings (SSSR count). The third-order valence-corrected chi connectivity index (χ3v) is 4.17. The van der Waals surface area contributed by atoms with E-state index in [9.17, 15) is 19.8 Å². The number of carboxylic acid groups (broad SMARTS) is 1. The van der Waals surface area contributed by atoms with Gasteiger partial charge in [0.05, 0.1) is 5.56 Å². The number of rotatable bonds is 3. The van der Waals surface area contributed by atoms with Gasteiger partial charge >= 0.3 is 5.97 Å². The number of nitrogens with one attached hydrogen (secondary N) is 1. The first-order chi connectivity index (χ1) is 9.47. The van der Waals surface area contributed by atoms with Crippen molar-refractivity contribution >= 4 is 11.9 Å². The number of phenolic OH excluding ortho intramolecular Hbond substituents is 1. The lowest BCUT2D eigenvalue weighted by Gasteiger charge is -2.39. The highest BCUT2D eigenvalue weighted by atomic mass is 16.4. The van der Waals surface area contributed by atoms with Crippen LogP contribution in [0.1, 0.15) is 43.0 Å². The molecular weight excluding hydrogens is 258 g/mol. The summed E-state index contributed by atoms with van der Waals surface area (Å²) < 4.78 is 0. The number of benzene rings is 1. The first-order valence-electron chi connectivity index (χ1n) is 6.81. The lowest BCUT2D eigenvalue weighted by Crippen LogP contribution is -2.60. The molecule has 108 valence electrons. The van der Waals surface area contributed by atoms with Crippen molar-refractivity contribution in [3.05, 3.63) is 29.8 Å². The third-order valence-electron chi connectivity index (χ3n) is 4.17. The number of aliphatic carboxylic acids is 1. The number of amides is 1. The molecule has 0 saturated heterocycles. The van der Waals surface area contributed by atoms with Gasteiger partial charge in [-0.15, -0.1) is 0 Å². The van der Waals surface area contributed by atoms with Crippen molar-refractivity contribution in [1.82, 2.24) is 5.32 Å². The predicted octanol–water partition coefficient (Wildman–Crippen LogP) is 2.16. The zero-order valence-electron chi connectivity index (χ0n) is 11.4. The number of aromatic hydroxyl groups is 1. The molecule has 20 heavy (non-hydrogen) atoms. The van der Waals surface area contributed by atoms with E-state index in [1.165, 1.54) is 12.1 Å². The fourth-order valence-electron chi connectivity index (χ4n) is 2.84. The molecule has 1 fully saturated rings. The van der Waals surface area contributed by atoms with Crippen molar-refractivity contribution in [2.45, 2.75) is 38.1 Å². The summed E-state index contributed by atoms with van der Waals surface area (Å²) in [5.74, 6) is -1.83. The first-order valence-corrected chi connectivity index (χ1v) is 6.81. The van der Waals surface area contributed by atoms with E-state index in [4.69, 9.17) is 0 Å². The minimum Gasteiger partial charge on any atom is -0.507 e. The van der Waals surface area contributed by atoms with E-state index in [-0.39, 0.29) is 17.2 Å². The van der Waals surface area contributed by atoms with Crippen molar-refractivity contribution in [2.75, 3.05) is 0 Å². The molecule has 1 amide bonds. The summed E-state index contributed by atoms with van der Waals surface area (Å²) in [7, 11) is 0. The molecule has 0 bridgehead atoms. The molecule has 0 aromatic heterocycles. The Kier molecular flexibility index (Phi) is 3.97. The second-order valence-electron chi connectivity index (χ2n) is 5.39. The van der Waals surface area contributed by atoms with Gasteiger partial charge in [0.2, 0.25) is 0 Å². The first kappa shape index (κ1) is 14.4. The van der Waals surface area contributed by atoms with Crippen LogP contribution in [-0.4, -0.2) is 27.6 Å². The Balaban J connectivity index is 2.27. The number of carbonyl (C=O) groups excluding carboxylic acids is 1. The number of carboxylic acids is 1. The van der Waals surface area contributed by atoms with E-state index in [1.54, 1.807) is 12.1 Å². The van der Waals surface area contributed by atoms with Crippen LogP contribution in [0.15, 0.2) is 24.3 Å². The van der Waals surface area contributed by atoms with Crippen molar-refractivity contribution in [2.24, 2.45) is 5.92 Å². The monoisotopic (exact) mass is 277 g/mol. The molecule has 1 aromatic carbocycles. The topological polar surface area (TPSA) is 86.6 Å². The zero-order valence-corrected chi connectivity index (χ0v) is 11.4. The van der Waals surface area contributed by atoms with Gasteiger partial charge in [-0.25, -0.2) is 4.79 Å². The standard InChI is InChI=1S/C15H19NO4/c1-10-6-4-5-9-15(10,14(19)20)16-13(18)11-7-2-3-8-12(11)17/h2-3,7-8,10,17H,4-6,9H2,1H3,(H,16,18)(H,19,20). The molecule has 1 aliphatic carbocycles. The molecule has 3 N–H and O–H groups in total. The van der Waals surface area contributed by atoms with Gasteiger partial charge in [-0.1, -0.05) is 31.9 Å². The number of phenols is 1. The van der Waals surface area contributed by atoms with Gasteiger partial charge in [0.25, 0.3) is 5.91 Å². The van der Waals surface area contributed by atoms with Crippen LogP contribution in [0.25, 0.3) is 0 Å². The van der Waals surface area contributed by atoms with Crippen LogP contribution in [-0.2, 0) is 4.79 Å². The highest BCUT2D eigenvalue weighted by molar-refractivity contribution is 6.00. The molecule has 5 heteroatoms. The fraction of sp³-hybridized carbons (Fsp3) is 0.467. The second kappa shape index (κ2) is 5.53. The number of carbonyl (C=O) groups is 2. The maximum Gasteiger partial charge on any atom is 0.329 e. The Labute approximate surface area is 117 Å². The summed E-state index contributed by atoms with van der Waals surface area (Å²) in [5.41, 5.74) is -1.14. The van der Waals surface area contributed by atoms with Crippen LogP contribution in [0.5, 0.6) is 5.75 Å². The normalized spacial score (nSPS) is 25.9. The Morgan fingerprint density at radius 2 is 2.00 bits per heavy atom. The van der Waals surface area contributed by atoms with E-state index >= 15 is 0 Å². The predicted molar refractivity (Wildman–Crippen MR) is 73.6 cm³/mol. The van der Waals surface area contributed by atoms with E-state index < -0.39 is 17.4 Å². The van der Waals surface area contributed by atoms with Gasteiger partial charge in [-0.2, -0.15) is 0 Å². The molecule has 2 atom stereocenters. The highest BCUT2D eigenvalue weighted by Gasteiger charge is 2.46. The molecule has 1 aromatic rings. The number of hydrogen-bond donors (Lipinski definition) is 3. The minimum absolute atomic E-state index is 0.103. The summed E-state index contributed by atoms with van der Waals surface area (Å²) in [6.45, 7) is 1.85. The van der Waals surface area contributed by atoms with E-state index in [1.807, 2.05) is 6.92 Å². The van der Waals surface area contributed by atoms with Gasteiger partial charge in [0.15, 0.2) is 0 Å². The largest absolute Gasteiger partial charge is 0.507 e. The van der Waals surface area contributed by atoms with Crippen molar-refractivity contribution in [1.29, 1.82) is 0 Å². The highest BCUT2D eigenvalue weighted by Crippen LogP contribution is 2.34. The zero-order chi connectivity index (χ0) is 14.8. The number of para-hydroxylation sites is 1. The quantitative estimate of drug-likeness (QED) is 0.790. The van der Waals surface area contributed by atoms with Gasteiger partial charge in [0.1, 0.15) is 11.3 Å². The molecule has 2 unspecified atom stereocenters. The molecule has 0 aliphatic heterocycles. The summed E-state index contributed by atoms with van der Waals surface area (Å²) in [5, 5.41) is 21.9. The molecule has 0 heterocycles. The van der Waals surface area contributed by atoms with E-state index in [2.05, 4.69) is 5.32 Å². The van der Waals surface area contributed by atoms with Crippen LogP contribution in [0.2, 0.25) is 0 Å². The SMILES string of the molecule is CC1CCCCC1(NC(=O)c1ccccc1O)C(=O)O. The lowest BCUT2D eigenvalue weighted by atomic mass is 9.73. The van der Waals surface area contributed by atoms with Crippen LogP contribution in [0.3, 0.4) is 0 Å². The van der Waals surface area contributed by atoms with Crippen molar-refractivity contribution in [3.8, 4) is 5.75 Å². The fourth-order valence-corrected chi connectivity index (χ4v) is 2.84. The molecule has 5 nitrogen and oxygen atoms in total. The summed E-state index contributed by atoms with van der Waals surface area (Å²) >= 11 is 0. The van der Waals surface area contributed by atoms with Crippen LogP contribution in [0, 0.1) is 5.92 Å².